The summed E-state index contributed by atoms with van der Waals surface area (Å²) in [6, 6.07) is 13.1. The molecule has 3 aromatic heterocycles. The van der Waals surface area contributed by atoms with Crippen LogP contribution in [0, 0.1) is 0 Å². The van der Waals surface area contributed by atoms with Crippen LogP contribution in [-0.2, 0) is 0 Å². The summed E-state index contributed by atoms with van der Waals surface area (Å²) in [4.78, 5) is 13.1. The van der Waals surface area contributed by atoms with E-state index in [1.54, 1.807) is 18.4 Å². The summed E-state index contributed by atoms with van der Waals surface area (Å²) in [5.41, 5.74) is 0. The van der Waals surface area contributed by atoms with Crippen molar-refractivity contribution in [3.05, 3.63) is 48.7 Å². The summed E-state index contributed by atoms with van der Waals surface area (Å²) in [6.07, 6.45) is 1.57. The van der Waals surface area contributed by atoms with Gasteiger partial charge in [-0.1, -0.05) is 18.2 Å². The van der Waals surface area contributed by atoms with Crippen LogP contribution in [0.2, 0.25) is 0 Å². The minimum Gasteiger partial charge on any atom is -0.461 e. The number of fused-ring (bicyclic) bond motifs is 1. The first kappa shape index (κ1) is 14.2. The molecule has 0 radical (unpaired) electrons. The van der Waals surface area contributed by atoms with Gasteiger partial charge in [0.2, 0.25) is 11.8 Å². The van der Waals surface area contributed by atoms with Gasteiger partial charge in [0.25, 0.3) is 5.78 Å². The summed E-state index contributed by atoms with van der Waals surface area (Å²) in [5.74, 6) is 2.52. The van der Waals surface area contributed by atoms with Gasteiger partial charge in [-0.2, -0.15) is 19.5 Å². The number of anilines is 1. The molecule has 0 amide bonds. The van der Waals surface area contributed by atoms with Crippen molar-refractivity contribution in [2.24, 2.45) is 0 Å². The standard InChI is InChI=1S/C16H14N6O2/c1-2-17-14-19-16(24-11-7-4-3-5-8-11)20-15-18-13(21-22(14)15)12-9-6-10-23-12/h3-10H,2H2,1H3,(H,17,18,19,20,21). The van der Waals surface area contributed by atoms with Crippen LogP contribution in [0.25, 0.3) is 17.4 Å². The van der Waals surface area contributed by atoms with E-state index >= 15 is 0 Å². The fraction of sp³-hybridized carbons (Fsp3) is 0.125. The van der Waals surface area contributed by atoms with Gasteiger partial charge in [-0.05, 0) is 31.2 Å². The highest BCUT2D eigenvalue weighted by Gasteiger charge is 2.15. The summed E-state index contributed by atoms with van der Waals surface area (Å²) in [7, 11) is 0. The molecule has 1 aromatic carbocycles. The molecule has 0 unspecified atom stereocenters. The van der Waals surface area contributed by atoms with Crippen molar-refractivity contribution in [2.75, 3.05) is 11.9 Å². The lowest BCUT2D eigenvalue weighted by Crippen LogP contribution is -2.09. The fourth-order valence-electron chi connectivity index (χ4n) is 2.19. The minimum atomic E-state index is 0.197. The molecule has 24 heavy (non-hydrogen) atoms. The van der Waals surface area contributed by atoms with E-state index in [2.05, 4.69) is 25.4 Å². The van der Waals surface area contributed by atoms with E-state index in [1.807, 2.05) is 37.3 Å². The molecule has 120 valence electrons. The molecular weight excluding hydrogens is 308 g/mol. The molecule has 1 N–H and O–H groups in total. The van der Waals surface area contributed by atoms with E-state index in [0.29, 0.717) is 35.6 Å². The number of benzene rings is 1. The van der Waals surface area contributed by atoms with Crippen molar-refractivity contribution in [1.29, 1.82) is 0 Å². The third-order valence-electron chi connectivity index (χ3n) is 3.22. The number of nitrogens with zero attached hydrogens (tertiary/aromatic N) is 5. The average Bonchev–Trinajstić information content (AvgIpc) is 3.25. The van der Waals surface area contributed by atoms with Crippen LogP contribution in [0.1, 0.15) is 6.92 Å². The Kier molecular flexibility index (Phi) is 3.54. The van der Waals surface area contributed by atoms with Crippen molar-refractivity contribution >= 4 is 11.7 Å². The molecule has 0 spiro atoms. The van der Waals surface area contributed by atoms with Gasteiger partial charge >= 0.3 is 6.01 Å². The summed E-state index contributed by atoms with van der Waals surface area (Å²) in [6.45, 7) is 2.64. The number of hydrogen-bond donors (Lipinski definition) is 1. The zero-order valence-electron chi connectivity index (χ0n) is 12.9. The zero-order valence-corrected chi connectivity index (χ0v) is 12.9. The highest BCUT2D eigenvalue weighted by atomic mass is 16.5. The number of ether oxygens (including phenoxy) is 1. The molecule has 0 saturated heterocycles. The van der Waals surface area contributed by atoms with Gasteiger partial charge in [0.15, 0.2) is 5.76 Å². The molecule has 0 aliphatic rings. The largest absolute Gasteiger partial charge is 0.461 e. The molecule has 0 saturated carbocycles. The normalized spacial score (nSPS) is 10.9. The monoisotopic (exact) mass is 322 g/mol. The van der Waals surface area contributed by atoms with Crippen LogP contribution < -0.4 is 10.1 Å². The average molecular weight is 322 g/mol. The molecule has 4 rings (SSSR count). The van der Waals surface area contributed by atoms with Gasteiger partial charge < -0.3 is 14.5 Å². The van der Waals surface area contributed by atoms with E-state index in [9.17, 15) is 0 Å². The van der Waals surface area contributed by atoms with E-state index in [1.165, 1.54) is 4.52 Å². The van der Waals surface area contributed by atoms with Gasteiger partial charge in [0, 0.05) is 6.54 Å². The first-order chi connectivity index (χ1) is 11.8. The molecule has 0 fully saturated rings. The quantitative estimate of drug-likeness (QED) is 0.604. The number of para-hydroxylation sites is 1. The lowest BCUT2D eigenvalue weighted by atomic mass is 10.3. The highest BCUT2D eigenvalue weighted by molar-refractivity contribution is 5.52. The smallest absolute Gasteiger partial charge is 0.328 e. The number of hydrogen-bond acceptors (Lipinski definition) is 7. The predicted octanol–water partition coefficient (Wildman–Crippen LogP) is 3.00. The second-order valence-electron chi connectivity index (χ2n) is 4.90. The predicted molar refractivity (Wildman–Crippen MR) is 87.0 cm³/mol. The van der Waals surface area contributed by atoms with E-state index in [0.717, 1.165) is 0 Å². The third kappa shape index (κ3) is 2.65. The van der Waals surface area contributed by atoms with Crippen LogP contribution in [-0.4, -0.2) is 31.1 Å². The van der Waals surface area contributed by atoms with E-state index < -0.39 is 0 Å². The minimum absolute atomic E-state index is 0.197. The highest BCUT2D eigenvalue weighted by Crippen LogP contribution is 2.22. The van der Waals surface area contributed by atoms with Crippen LogP contribution in [0.15, 0.2) is 53.1 Å². The SMILES string of the molecule is CCNc1nc(Oc2ccccc2)nc2nc(-c3ccco3)nn12. The van der Waals surface area contributed by atoms with Crippen LogP contribution in [0.5, 0.6) is 11.8 Å². The Bertz CT molecular complexity index is 950. The Morgan fingerprint density at radius 2 is 1.96 bits per heavy atom. The van der Waals surface area contributed by atoms with Crippen LogP contribution in [0.3, 0.4) is 0 Å². The third-order valence-corrected chi connectivity index (χ3v) is 3.22. The van der Waals surface area contributed by atoms with E-state index in [4.69, 9.17) is 9.15 Å². The summed E-state index contributed by atoms with van der Waals surface area (Å²) in [5, 5.41) is 7.52. The Balaban J connectivity index is 1.78. The first-order valence-corrected chi connectivity index (χ1v) is 7.49. The summed E-state index contributed by atoms with van der Waals surface area (Å²) < 4.78 is 12.6. The first-order valence-electron chi connectivity index (χ1n) is 7.49. The van der Waals surface area contributed by atoms with Crippen LogP contribution >= 0.6 is 0 Å². The number of aromatic nitrogens is 5. The van der Waals surface area contributed by atoms with Gasteiger partial charge in [-0.25, -0.2) is 0 Å². The van der Waals surface area contributed by atoms with Gasteiger partial charge in [-0.15, -0.1) is 5.10 Å². The molecular formula is C16H14N6O2. The fourth-order valence-corrected chi connectivity index (χ4v) is 2.19. The lowest BCUT2D eigenvalue weighted by molar-refractivity contribution is 0.441. The van der Waals surface area contributed by atoms with Crippen molar-refractivity contribution in [3.63, 3.8) is 0 Å². The van der Waals surface area contributed by atoms with E-state index in [-0.39, 0.29) is 6.01 Å². The maximum atomic E-state index is 5.71. The maximum absolute atomic E-state index is 5.71. The van der Waals surface area contributed by atoms with Crippen molar-refractivity contribution < 1.29 is 9.15 Å². The molecule has 4 aromatic rings. The molecule has 0 atom stereocenters. The van der Waals surface area contributed by atoms with Gasteiger partial charge in [-0.3, -0.25) is 0 Å². The Hall–Kier alpha value is -3.42. The second kappa shape index (κ2) is 5.99. The Morgan fingerprint density at radius 3 is 2.71 bits per heavy atom. The van der Waals surface area contributed by atoms with Crippen molar-refractivity contribution in [2.45, 2.75) is 6.92 Å². The van der Waals surface area contributed by atoms with Gasteiger partial charge in [0.1, 0.15) is 5.75 Å². The van der Waals surface area contributed by atoms with Crippen molar-refractivity contribution in [1.82, 2.24) is 24.6 Å². The van der Waals surface area contributed by atoms with Crippen LogP contribution in [0.4, 0.5) is 5.95 Å². The second-order valence-corrected chi connectivity index (χ2v) is 4.90. The Labute approximate surface area is 137 Å². The zero-order chi connectivity index (χ0) is 16.4. The van der Waals surface area contributed by atoms with Crippen molar-refractivity contribution in [3.8, 4) is 23.3 Å². The maximum Gasteiger partial charge on any atom is 0.328 e. The molecule has 8 heteroatoms. The molecule has 0 aliphatic carbocycles. The van der Waals surface area contributed by atoms with Gasteiger partial charge in [0.05, 0.1) is 6.26 Å². The number of nitrogens with one attached hydrogen (secondary N) is 1. The topological polar surface area (TPSA) is 90.4 Å². The number of furan rings is 1. The molecule has 8 nitrogen and oxygen atoms in total. The Morgan fingerprint density at radius 1 is 1.08 bits per heavy atom. The number of rotatable bonds is 5. The molecule has 3 heterocycles. The molecule has 0 aliphatic heterocycles. The summed E-state index contributed by atoms with van der Waals surface area (Å²) >= 11 is 0. The molecule has 0 bridgehead atoms. The lowest BCUT2D eigenvalue weighted by Gasteiger charge is -2.07.